The van der Waals surface area contributed by atoms with Crippen LogP contribution < -0.4 is 5.32 Å². The smallest absolute Gasteiger partial charge is 0.316 e. The molecule has 0 bridgehead atoms. The minimum atomic E-state index is 0.277. The topological polar surface area (TPSA) is 94.6 Å². The largest absolute Gasteiger partial charge is 0.403 e. The highest BCUT2D eigenvalue weighted by molar-refractivity contribution is 5.75. The summed E-state index contributed by atoms with van der Waals surface area (Å²) in [7, 11) is 0. The molecule has 4 aromatic rings. The average molecular weight is 335 g/mol. The van der Waals surface area contributed by atoms with Gasteiger partial charge < -0.3 is 9.73 Å². The molecule has 4 aromatic heterocycles. The Balaban J connectivity index is 1.48. The summed E-state index contributed by atoms with van der Waals surface area (Å²) in [6.45, 7) is 4.70. The molecular weight excluding hydrogens is 318 g/mol. The SMILES string of the molecule is CC(C)n1ncc2cc(CNc3nnc(-c4ccncc4)o3)cnc21. The van der Waals surface area contributed by atoms with Crippen molar-refractivity contribution < 1.29 is 4.42 Å². The summed E-state index contributed by atoms with van der Waals surface area (Å²) in [5.41, 5.74) is 2.73. The lowest BCUT2D eigenvalue weighted by atomic mass is 10.2. The third-order valence-corrected chi connectivity index (χ3v) is 3.78. The highest BCUT2D eigenvalue weighted by atomic mass is 16.4. The number of pyridine rings is 2. The molecule has 0 saturated carbocycles. The molecule has 4 heterocycles. The molecule has 126 valence electrons. The monoisotopic (exact) mass is 335 g/mol. The second kappa shape index (κ2) is 6.31. The van der Waals surface area contributed by atoms with E-state index in [-0.39, 0.29) is 6.04 Å². The predicted octanol–water partition coefficient (Wildman–Crippen LogP) is 3.07. The van der Waals surface area contributed by atoms with Crippen molar-refractivity contribution in [3.63, 3.8) is 0 Å². The molecule has 0 spiro atoms. The second-order valence-electron chi connectivity index (χ2n) is 5.94. The van der Waals surface area contributed by atoms with E-state index in [0.29, 0.717) is 18.5 Å². The molecular formula is C17H17N7O. The van der Waals surface area contributed by atoms with E-state index in [1.807, 2.05) is 29.2 Å². The van der Waals surface area contributed by atoms with Crippen molar-refractivity contribution in [1.82, 2.24) is 29.9 Å². The first-order chi connectivity index (χ1) is 12.2. The molecule has 8 nitrogen and oxygen atoms in total. The Morgan fingerprint density at radius 3 is 2.80 bits per heavy atom. The van der Waals surface area contributed by atoms with Crippen molar-refractivity contribution in [2.24, 2.45) is 0 Å². The minimum absolute atomic E-state index is 0.277. The fourth-order valence-electron chi connectivity index (χ4n) is 2.54. The molecule has 0 aliphatic carbocycles. The van der Waals surface area contributed by atoms with Crippen molar-refractivity contribution in [2.45, 2.75) is 26.4 Å². The number of fused-ring (bicyclic) bond motifs is 1. The van der Waals surface area contributed by atoms with Gasteiger partial charge in [0.25, 0.3) is 0 Å². The van der Waals surface area contributed by atoms with Crippen LogP contribution in [0.4, 0.5) is 6.01 Å². The molecule has 1 N–H and O–H groups in total. The van der Waals surface area contributed by atoms with Gasteiger partial charge in [0.15, 0.2) is 5.65 Å². The first-order valence-corrected chi connectivity index (χ1v) is 8.00. The van der Waals surface area contributed by atoms with Gasteiger partial charge in [0.1, 0.15) is 0 Å². The van der Waals surface area contributed by atoms with Crippen molar-refractivity contribution in [3.05, 3.63) is 48.5 Å². The van der Waals surface area contributed by atoms with Crippen LogP contribution in [0.15, 0.2) is 47.4 Å². The third kappa shape index (κ3) is 3.06. The zero-order chi connectivity index (χ0) is 17.2. The quantitative estimate of drug-likeness (QED) is 0.599. The van der Waals surface area contributed by atoms with Crippen LogP contribution in [0.2, 0.25) is 0 Å². The van der Waals surface area contributed by atoms with Crippen LogP contribution in [0.5, 0.6) is 0 Å². The Morgan fingerprint density at radius 2 is 2.00 bits per heavy atom. The number of nitrogens with zero attached hydrogens (tertiary/aromatic N) is 6. The summed E-state index contributed by atoms with van der Waals surface area (Å²) in [4.78, 5) is 8.49. The van der Waals surface area contributed by atoms with Crippen LogP contribution in [0.3, 0.4) is 0 Å². The number of rotatable bonds is 5. The van der Waals surface area contributed by atoms with Crippen molar-refractivity contribution in [3.8, 4) is 11.5 Å². The normalized spacial score (nSPS) is 11.3. The highest BCUT2D eigenvalue weighted by Crippen LogP contribution is 2.20. The van der Waals surface area contributed by atoms with Gasteiger partial charge in [0.05, 0.1) is 6.20 Å². The Hall–Kier alpha value is -3.29. The molecule has 0 aliphatic heterocycles. The van der Waals surface area contributed by atoms with Gasteiger partial charge in [-0.15, -0.1) is 5.10 Å². The summed E-state index contributed by atoms with van der Waals surface area (Å²) in [5.74, 6) is 0.455. The molecule has 4 rings (SSSR count). The summed E-state index contributed by atoms with van der Waals surface area (Å²) in [6.07, 6.45) is 7.03. The summed E-state index contributed by atoms with van der Waals surface area (Å²) >= 11 is 0. The Labute approximate surface area is 143 Å². The Kier molecular flexibility index (Phi) is 3.85. The van der Waals surface area contributed by atoms with E-state index in [2.05, 4.69) is 50.5 Å². The van der Waals surface area contributed by atoms with Crippen LogP contribution in [0.25, 0.3) is 22.5 Å². The van der Waals surface area contributed by atoms with Crippen LogP contribution in [0.1, 0.15) is 25.5 Å². The molecule has 0 radical (unpaired) electrons. The molecule has 0 aromatic carbocycles. The maximum absolute atomic E-state index is 5.62. The molecule has 0 saturated heterocycles. The fraction of sp³-hybridized carbons (Fsp3) is 0.235. The van der Waals surface area contributed by atoms with E-state index in [1.54, 1.807) is 12.4 Å². The van der Waals surface area contributed by atoms with E-state index in [0.717, 1.165) is 22.2 Å². The Morgan fingerprint density at radius 1 is 1.16 bits per heavy atom. The number of hydrogen-bond donors (Lipinski definition) is 1. The first-order valence-electron chi connectivity index (χ1n) is 8.00. The average Bonchev–Trinajstić information content (AvgIpc) is 3.27. The summed E-state index contributed by atoms with van der Waals surface area (Å²) < 4.78 is 7.52. The Bertz CT molecular complexity index is 991. The molecule has 25 heavy (non-hydrogen) atoms. The van der Waals surface area contributed by atoms with Gasteiger partial charge in [-0.2, -0.15) is 5.10 Å². The van der Waals surface area contributed by atoms with Crippen molar-refractivity contribution in [2.75, 3.05) is 5.32 Å². The maximum Gasteiger partial charge on any atom is 0.316 e. The van der Waals surface area contributed by atoms with Crippen LogP contribution in [-0.2, 0) is 6.54 Å². The lowest BCUT2D eigenvalue weighted by Crippen LogP contribution is -2.04. The number of aromatic nitrogens is 6. The van der Waals surface area contributed by atoms with E-state index in [1.165, 1.54) is 0 Å². The number of anilines is 1. The summed E-state index contributed by atoms with van der Waals surface area (Å²) in [6, 6.07) is 6.34. The van der Waals surface area contributed by atoms with Crippen LogP contribution >= 0.6 is 0 Å². The molecule has 0 amide bonds. The maximum atomic E-state index is 5.62. The van der Waals surface area contributed by atoms with Crippen LogP contribution in [-0.4, -0.2) is 29.9 Å². The zero-order valence-electron chi connectivity index (χ0n) is 13.9. The standard InChI is InChI=1S/C17H17N7O/c1-11(2)24-15-14(10-21-24)7-12(8-19-15)9-20-17-23-22-16(25-17)13-3-5-18-6-4-13/h3-8,10-11H,9H2,1-2H3,(H,20,23). The molecule has 8 heteroatoms. The van der Waals surface area contributed by atoms with Gasteiger partial charge in [0, 0.05) is 42.1 Å². The minimum Gasteiger partial charge on any atom is -0.403 e. The second-order valence-corrected chi connectivity index (χ2v) is 5.94. The van der Waals surface area contributed by atoms with E-state index < -0.39 is 0 Å². The fourth-order valence-corrected chi connectivity index (χ4v) is 2.54. The molecule has 0 atom stereocenters. The van der Waals surface area contributed by atoms with Gasteiger partial charge in [-0.25, -0.2) is 9.67 Å². The van der Waals surface area contributed by atoms with E-state index in [9.17, 15) is 0 Å². The number of nitrogens with one attached hydrogen (secondary N) is 1. The zero-order valence-corrected chi connectivity index (χ0v) is 13.9. The van der Waals surface area contributed by atoms with Gasteiger partial charge in [-0.3, -0.25) is 4.98 Å². The van der Waals surface area contributed by atoms with Crippen molar-refractivity contribution in [1.29, 1.82) is 0 Å². The molecule has 0 aliphatic rings. The third-order valence-electron chi connectivity index (χ3n) is 3.78. The van der Waals surface area contributed by atoms with Gasteiger partial charge in [-0.05, 0) is 37.6 Å². The van der Waals surface area contributed by atoms with Crippen molar-refractivity contribution >= 4 is 17.0 Å². The lowest BCUT2D eigenvalue weighted by molar-refractivity contribution is 0.546. The van der Waals surface area contributed by atoms with E-state index >= 15 is 0 Å². The predicted molar refractivity (Wildman–Crippen MR) is 92.8 cm³/mol. The van der Waals surface area contributed by atoms with Gasteiger partial charge >= 0.3 is 6.01 Å². The molecule has 0 fully saturated rings. The highest BCUT2D eigenvalue weighted by Gasteiger charge is 2.10. The van der Waals surface area contributed by atoms with Gasteiger partial charge in [0.2, 0.25) is 5.89 Å². The molecule has 0 unspecified atom stereocenters. The van der Waals surface area contributed by atoms with Gasteiger partial charge in [-0.1, -0.05) is 5.10 Å². The first kappa shape index (κ1) is 15.3. The van der Waals surface area contributed by atoms with E-state index in [4.69, 9.17) is 4.42 Å². The van der Waals surface area contributed by atoms with Crippen LogP contribution in [0, 0.1) is 0 Å². The lowest BCUT2D eigenvalue weighted by Gasteiger charge is -2.06. The number of hydrogen-bond acceptors (Lipinski definition) is 7. The summed E-state index contributed by atoms with van der Waals surface area (Å²) in [5, 5.41) is 16.6.